The molecule has 2 rings (SSSR count). The molecule has 1 aromatic carbocycles. The van der Waals surface area contributed by atoms with Gasteiger partial charge < -0.3 is 0 Å². The van der Waals surface area contributed by atoms with Crippen molar-refractivity contribution in [1.82, 2.24) is 0 Å². The molecule has 0 atom stereocenters. The Balaban J connectivity index is 2.84. The third kappa shape index (κ3) is 1.65. The first-order valence-electron chi connectivity index (χ1n) is 3.79. The average Bonchev–Trinajstić information content (AvgIpc) is 2.43. The van der Waals surface area contributed by atoms with Crippen LogP contribution in [0.5, 0.6) is 0 Å². The van der Waals surface area contributed by atoms with Gasteiger partial charge in [-0.3, -0.25) is 0 Å². The molecule has 0 spiro atoms. The second-order valence-corrected chi connectivity index (χ2v) is 5.62. The summed E-state index contributed by atoms with van der Waals surface area (Å²) >= 11 is 7.73. The normalized spacial score (nSPS) is 11.5. The predicted molar refractivity (Wildman–Crippen MR) is 66.8 cm³/mol. The largest absolute Gasteiger partial charge is 0.264 e. The maximum absolute atomic E-state index is 12.7. The van der Waals surface area contributed by atoms with E-state index in [0.717, 1.165) is 12.5 Å². The van der Waals surface area contributed by atoms with Gasteiger partial charge >= 0.3 is 0 Å². The number of fused-ring (bicyclic) bond motifs is 1. The molecule has 0 amide bonds. The first-order chi connectivity index (χ1) is 6.61. The predicted octanol–water partition coefficient (Wildman–Crippen LogP) is 4.73. The summed E-state index contributed by atoms with van der Waals surface area (Å²) in [5.41, 5.74) is 0.100. The molecule has 0 saturated heterocycles. The van der Waals surface area contributed by atoms with Crippen LogP contribution < -0.4 is 0 Å². The van der Waals surface area contributed by atoms with Crippen LogP contribution in [0.1, 0.15) is 12.0 Å². The zero-order valence-electron chi connectivity index (χ0n) is 6.80. The van der Waals surface area contributed by atoms with Crippen molar-refractivity contribution in [3.63, 3.8) is 0 Å². The highest BCUT2D eigenvalue weighted by Gasteiger charge is 2.16. The minimum Gasteiger partial charge on any atom is -0.205 e. The van der Waals surface area contributed by atoms with E-state index in [-0.39, 0.29) is 5.56 Å². The summed E-state index contributed by atoms with van der Waals surface area (Å²) in [6.45, 7) is 0. The number of halogens is 3. The van der Waals surface area contributed by atoms with Crippen molar-refractivity contribution in [3.8, 4) is 0 Å². The van der Waals surface area contributed by atoms with Crippen LogP contribution >= 0.6 is 46.6 Å². The van der Waals surface area contributed by atoms with Crippen LogP contribution in [0.2, 0.25) is 0 Å². The van der Waals surface area contributed by atoms with Gasteiger partial charge in [0.25, 0.3) is 6.43 Å². The van der Waals surface area contributed by atoms with Crippen molar-refractivity contribution in [2.75, 3.05) is 0 Å². The average molecular weight is 342 g/mol. The Morgan fingerprint density at radius 3 is 2.71 bits per heavy atom. The van der Waals surface area contributed by atoms with E-state index in [9.17, 15) is 8.78 Å². The maximum atomic E-state index is 12.7. The van der Waals surface area contributed by atoms with Crippen LogP contribution in [-0.2, 0) is 0 Å². The summed E-state index contributed by atoms with van der Waals surface area (Å²) in [5.74, 6) is 0. The standard InChI is InChI=1S/C9H5F2IS2/c10-8(11)4-2-1-3-5-6(4)7(12)9(13)14-5/h1-3,8,13H. The number of benzene rings is 1. The highest BCUT2D eigenvalue weighted by atomic mass is 127. The van der Waals surface area contributed by atoms with Gasteiger partial charge in [0.15, 0.2) is 0 Å². The molecule has 0 aliphatic rings. The van der Waals surface area contributed by atoms with E-state index >= 15 is 0 Å². The zero-order chi connectivity index (χ0) is 10.3. The monoisotopic (exact) mass is 342 g/mol. The molecule has 14 heavy (non-hydrogen) atoms. The lowest BCUT2D eigenvalue weighted by molar-refractivity contribution is 0.153. The number of thiol groups is 1. The molecule has 0 bridgehead atoms. The Bertz CT molecular complexity index is 479. The van der Waals surface area contributed by atoms with Gasteiger partial charge in [-0.15, -0.1) is 24.0 Å². The third-order valence-corrected chi connectivity index (χ3v) is 5.23. The molecule has 0 radical (unpaired) electrons. The molecule has 1 heterocycles. The van der Waals surface area contributed by atoms with E-state index in [1.807, 2.05) is 6.07 Å². The molecule has 0 saturated carbocycles. The number of rotatable bonds is 1. The minimum atomic E-state index is -2.42. The van der Waals surface area contributed by atoms with E-state index in [4.69, 9.17) is 0 Å². The molecule has 0 aliphatic carbocycles. The molecule has 2 aromatic rings. The summed E-state index contributed by atoms with van der Waals surface area (Å²) < 4.78 is 27.8. The smallest absolute Gasteiger partial charge is 0.205 e. The van der Waals surface area contributed by atoms with Gasteiger partial charge in [0.05, 0.1) is 4.21 Å². The van der Waals surface area contributed by atoms with Crippen LogP contribution in [0.15, 0.2) is 22.4 Å². The fraction of sp³-hybridized carbons (Fsp3) is 0.111. The molecule has 0 unspecified atom stereocenters. The van der Waals surface area contributed by atoms with E-state index < -0.39 is 6.43 Å². The molecule has 74 valence electrons. The Morgan fingerprint density at radius 1 is 1.36 bits per heavy atom. The zero-order valence-corrected chi connectivity index (χ0v) is 10.7. The molecule has 0 N–H and O–H groups in total. The summed E-state index contributed by atoms with van der Waals surface area (Å²) in [6, 6.07) is 4.96. The lowest BCUT2D eigenvalue weighted by atomic mass is 10.1. The molecular formula is C9H5F2IS2. The molecule has 0 aliphatic heterocycles. The first kappa shape index (κ1) is 10.6. The topological polar surface area (TPSA) is 0 Å². The van der Waals surface area contributed by atoms with Gasteiger partial charge in [-0.05, 0) is 28.7 Å². The van der Waals surface area contributed by atoms with E-state index in [1.165, 1.54) is 17.4 Å². The Kier molecular flexibility index (Phi) is 2.99. The van der Waals surface area contributed by atoms with Gasteiger partial charge in [0, 0.05) is 19.2 Å². The molecule has 5 heteroatoms. The summed E-state index contributed by atoms with van der Waals surface area (Å²) in [5, 5.41) is 0.651. The quantitative estimate of drug-likeness (QED) is 0.562. The fourth-order valence-electron chi connectivity index (χ4n) is 1.31. The molecular weight excluding hydrogens is 337 g/mol. The number of hydrogen-bond acceptors (Lipinski definition) is 2. The SMILES string of the molecule is FC(F)c1cccc2sc(S)c(I)c12. The molecule has 1 aromatic heterocycles. The van der Waals surface area contributed by atoms with Crippen LogP contribution in [0.3, 0.4) is 0 Å². The van der Waals surface area contributed by atoms with E-state index in [0.29, 0.717) is 5.39 Å². The van der Waals surface area contributed by atoms with Crippen molar-refractivity contribution in [3.05, 3.63) is 27.3 Å². The van der Waals surface area contributed by atoms with Crippen molar-refractivity contribution in [2.24, 2.45) is 0 Å². The first-order valence-corrected chi connectivity index (χ1v) is 6.13. The van der Waals surface area contributed by atoms with Crippen LogP contribution in [0.25, 0.3) is 10.1 Å². The van der Waals surface area contributed by atoms with Gasteiger partial charge in [-0.2, -0.15) is 0 Å². The van der Waals surface area contributed by atoms with E-state index in [1.54, 1.807) is 6.07 Å². The van der Waals surface area contributed by atoms with Crippen molar-refractivity contribution in [2.45, 2.75) is 10.6 Å². The number of hydrogen-bond donors (Lipinski definition) is 1. The number of thiophene rings is 1. The van der Waals surface area contributed by atoms with Crippen molar-refractivity contribution in [1.29, 1.82) is 0 Å². The summed E-state index contributed by atoms with van der Waals surface area (Å²) in [4.78, 5) is 0. The van der Waals surface area contributed by atoms with Gasteiger partial charge in [-0.25, -0.2) is 8.78 Å². The Labute approximate surface area is 103 Å². The third-order valence-electron chi connectivity index (χ3n) is 1.91. The van der Waals surface area contributed by atoms with Crippen LogP contribution in [0, 0.1) is 3.57 Å². The highest BCUT2D eigenvalue weighted by molar-refractivity contribution is 14.1. The lowest BCUT2D eigenvalue weighted by Crippen LogP contribution is -1.85. The van der Waals surface area contributed by atoms with Gasteiger partial charge in [-0.1, -0.05) is 12.1 Å². The summed E-state index contributed by atoms with van der Waals surface area (Å²) in [6.07, 6.45) is -2.42. The minimum absolute atomic E-state index is 0.100. The Morgan fingerprint density at radius 2 is 2.07 bits per heavy atom. The van der Waals surface area contributed by atoms with Crippen molar-refractivity contribution < 1.29 is 8.78 Å². The van der Waals surface area contributed by atoms with Crippen LogP contribution in [0.4, 0.5) is 8.78 Å². The fourth-order valence-corrected chi connectivity index (χ4v) is 3.70. The molecule has 0 fully saturated rings. The second kappa shape index (κ2) is 3.94. The van der Waals surface area contributed by atoms with Crippen LogP contribution in [-0.4, -0.2) is 0 Å². The maximum Gasteiger partial charge on any atom is 0.264 e. The highest BCUT2D eigenvalue weighted by Crippen LogP contribution is 2.39. The number of alkyl halides is 2. The van der Waals surface area contributed by atoms with E-state index in [2.05, 4.69) is 35.2 Å². The molecule has 0 nitrogen and oxygen atoms in total. The van der Waals surface area contributed by atoms with Gasteiger partial charge in [0.1, 0.15) is 0 Å². The van der Waals surface area contributed by atoms with Gasteiger partial charge in [0.2, 0.25) is 0 Å². The second-order valence-electron chi connectivity index (χ2n) is 2.74. The summed E-state index contributed by atoms with van der Waals surface area (Å²) in [7, 11) is 0. The Hall–Kier alpha value is 0.120. The van der Waals surface area contributed by atoms with Crippen molar-refractivity contribution >= 4 is 56.6 Å². The lowest BCUT2D eigenvalue weighted by Gasteiger charge is -2.01.